The van der Waals surface area contributed by atoms with Gasteiger partial charge < -0.3 is 25.0 Å². The largest absolute Gasteiger partial charge is 0.486 e. The second-order valence-electron chi connectivity index (χ2n) is 6.71. The molecule has 3 aliphatic rings. The molecule has 0 saturated carbocycles. The second kappa shape index (κ2) is 8.14. The molecule has 142 valence electrons. The van der Waals surface area contributed by atoms with Crippen molar-refractivity contribution in [1.29, 1.82) is 0 Å². The number of ether oxygens (including phenoxy) is 2. The summed E-state index contributed by atoms with van der Waals surface area (Å²) in [5, 5.41) is 6.29. The van der Waals surface area contributed by atoms with Crippen LogP contribution in [-0.2, 0) is 9.59 Å². The zero-order chi connectivity index (χ0) is 17.2. The van der Waals surface area contributed by atoms with Gasteiger partial charge in [0.05, 0.1) is 0 Å². The van der Waals surface area contributed by atoms with Gasteiger partial charge in [-0.2, -0.15) is 0 Å². The van der Waals surface area contributed by atoms with Crippen LogP contribution in [0.15, 0.2) is 18.2 Å². The molecule has 4 rings (SSSR count). The normalized spacial score (nSPS) is 24.8. The number of piperidine rings is 1. The van der Waals surface area contributed by atoms with E-state index in [1.165, 1.54) is 0 Å². The van der Waals surface area contributed by atoms with Gasteiger partial charge in [-0.25, -0.2) is 0 Å². The van der Waals surface area contributed by atoms with Gasteiger partial charge in [-0.15, -0.1) is 12.4 Å². The maximum Gasteiger partial charge on any atom is 0.239 e. The molecule has 7 nitrogen and oxygen atoms in total. The van der Waals surface area contributed by atoms with Gasteiger partial charge in [0.2, 0.25) is 11.8 Å². The van der Waals surface area contributed by atoms with Gasteiger partial charge in [0.25, 0.3) is 0 Å². The van der Waals surface area contributed by atoms with Crippen molar-refractivity contribution >= 4 is 29.9 Å². The summed E-state index contributed by atoms with van der Waals surface area (Å²) < 4.78 is 11.1. The molecule has 2 N–H and O–H groups in total. The summed E-state index contributed by atoms with van der Waals surface area (Å²) in [7, 11) is 0. The number of nitrogens with zero attached hydrogens (tertiary/aromatic N) is 1. The van der Waals surface area contributed by atoms with Gasteiger partial charge in [-0.05, 0) is 37.9 Å². The Morgan fingerprint density at radius 2 is 2.00 bits per heavy atom. The van der Waals surface area contributed by atoms with Crippen LogP contribution in [-0.4, -0.2) is 50.7 Å². The monoisotopic (exact) mass is 381 g/mol. The number of benzene rings is 1. The van der Waals surface area contributed by atoms with Crippen molar-refractivity contribution in [2.75, 3.05) is 37.7 Å². The van der Waals surface area contributed by atoms with Crippen molar-refractivity contribution in [3.05, 3.63) is 18.2 Å². The van der Waals surface area contributed by atoms with Crippen molar-refractivity contribution in [2.24, 2.45) is 5.92 Å². The Morgan fingerprint density at radius 3 is 2.77 bits per heavy atom. The van der Waals surface area contributed by atoms with Crippen LogP contribution in [0, 0.1) is 5.92 Å². The zero-order valence-electron chi connectivity index (χ0n) is 14.5. The van der Waals surface area contributed by atoms with Crippen molar-refractivity contribution in [1.82, 2.24) is 10.6 Å². The molecule has 3 heterocycles. The van der Waals surface area contributed by atoms with E-state index >= 15 is 0 Å². The van der Waals surface area contributed by atoms with Crippen LogP contribution in [0.3, 0.4) is 0 Å². The van der Waals surface area contributed by atoms with E-state index in [9.17, 15) is 9.59 Å². The lowest BCUT2D eigenvalue weighted by Crippen LogP contribution is -2.48. The number of nitrogens with one attached hydrogen (secondary N) is 2. The average Bonchev–Trinajstić information content (AvgIpc) is 3.04. The van der Waals surface area contributed by atoms with Crippen molar-refractivity contribution in [3.8, 4) is 11.5 Å². The maximum absolute atomic E-state index is 12.7. The molecular formula is C18H24ClN3O4. The Balaban J connectivity index is 0.00000196. The maximum atomic E-state index is 12.7. The molecule has 0 spiro atoms. The van der Waals surface area contributed by atoms with Crippen LogP contribution in [0.4, 0.5) is 5.69 Å². The highest BCUT2D eigenvalue weighted by molar-refractivity contribution is 6.09. The number of hydrogen-bond donors (Lipinski definition) is 2. The standard InChI is InChI=1S/C18H23N3O4.ClH/c22-17(20-12-2-1-6-19-11-12)14-5-7-21(18(14)23)13-3-4-15-16(10-13)25-9-8-24-15;/h3-4,10,12,14,19H,1-2,5-9,11H2,(H,20,22);1H. The third kappa shape index (κ3) is 3.73. The lowest BCUT2D eigenvalue weighted by Gasteiger charge is -2.25. The van der Waals surface area contributed by atoms with E-state index in [4.69, 9.17) is 9.47 Å². The third-order valence-electron chi connectivity index (χ3n) is 5.00. The Kier molecular flexibility index (Phi) is 5.88. The Morgan fingerprint density at radius 1 is 1.19 bits per heavy atom. The van der Waals surface area contributed by atoms with Crippen LogP contribution >= 0.6 is 12.4 Å². The molecule has 2 amide bonds. The molecule has 2 atom stereocenters. The fourth-order valence-corrected chi connectivity index (χ4v) is 3.66. The highest BCUT2D eigenvalue weighted by Crippen LogP contribution is 2.36. The van der Waals surface area contributed by atoms with Crippen LogP contribution in [0.2, 0.25) is 0 Å². The number of carbonyl (C=O) groups excluding carboxylic acids is 2. The summed E-state index contributed by atoms with van der Waals surface area (Å²) in [5.74, 6) is 0.449. The summed E-state index contributed by atoms with van der Waals surface area (Å²) in [6, 6.07) is 5.60. The molecule has 8 heteroatoms. The topological polar surface area (TPSA) is 79.9 Å². The van der Waals surface area contributed by atoms with Crippen molar-refractivity contribution < 1.29 is 19.1 Å². The highest BCUT2D eigenvalue weighted by atomic mass is 35.5. The van der Waals surface area contributed by atoms with Crippen molar-refractivity contribution in [3.63, 3.8) is 0 Å². The molecule has 0 bridgehead atoms. The van der Waals surface area contributed by atoms with Gasteiger partial charge in [-0.1, -0.05) is 0 Å². The zero-order valence-corrected chi connectivity index (χ0v) is 15.3. The van der Waals surface area contributed by atoms with E-state index in [-0.39, 0.29) is 30.3 Å². The number of fused-ring (bicyclic) bond motifs is 1. The molecule has 2 fully saturated rings. The first-order valence-electron chi connectivity index (χ1n) is 8.94. The Bertz CT molecular complexity index is 678. The lowest BCUT2D eigenvalue weighted by atomic mass is 10.0. The molecule has 0 radical (unpaired) electrons. The molecule has 3 aliphatic heterocycles. The minimum absolute atomic E-state index is 0. The smallest absolute Gasteiger partial charge is 0.239 e. The van der Waals surface area contributed by atoms with E-state index in [0.29, 0.717) is 37.7 Å². The predicted octanol–water partition coefficient (Wildman–Crippen LogP) is 1.10. The SMILES string of the molecule is Cl.O=C(NC1CCCNC1)C1CCN(c2ccc3c(c2)OCCO3)C1=O. The molecule has 0 aromatic heterocycles. The van der Waals surface area contributed by atoms with E-state index < -0.39 is 5.92 Å². The second-order valence-corrected chi connectivity index (χ2v) is 6.71. The molecular weight excluding hydrogens is 358 g/mol. The third-order valence-corrected chi connectivity index (χ3v) is 5.00. The van der Waals surface area contributed by atoms with E-state index in [0.717, 1.165) is 31.6 Å². The Hall–Kier alpha value is -1.99. The van der Waals surface area contributed by atoms with Crippen LogP contribution in [0.1, 0.15) is 19.3 Å². The fourth-order valence-electron chi connectivity index (χ4n) is 3.66. The van der Waals surface area contributed by atoms with Crippen LogP contribution < -0.4 is 25.0 Å². The minimum atomic E-state index is -0.602. The van der Waals surface area contributed by atoms with E-state index in [2.05, 4.69) is 10.6 Å². The molecule has 26 heavy (non-hydrogen) atoms. The van der Waals surface area contributed by atoms with Gasteiger partial charge in [-0.3, -0.25) is 9.59 Å². The first-order valence-corrected chi connectivity index (χ1v) is 8.94. The predicted molar refractivity (Wildman–Crippen MR) is 99.2 cm³/mol. The number of halogens is 1. The number of rotatable bonds is 3. The Labute approximate surface area is 158 Å². The number of anilines is 1. The van der Waals surface area contributed by atoms with Crippen LogP contribution in [0.5, 0.6) is 11.5 Å². The molecule has 1 aromatic rings. The first-order chi connectivity index (χ1) is 12.2. The minimum Gasteiger partial charge on any atom is -0.486 e. The first kappa shape index (κ1) is 18.8. The van der Waals surface area contributed by atoms with E-state index in [1.54, 1.807) is 4.90 Å². The summed E-state index contributed by atoms with van der Waals surface area (Å²) in [4.78, 5) is 26.9. The number of carbonyl (C=O) groups is 2. The fraction of sp³-hybridized carbons (Fsp3) is 0.556. The van der Waals surface area contributed by atoms with Gasteiger partial charge in [0.1, 0.15) is 19.1 Å². The quantitative estimate of drug-likeness (QED) is 0.766. The average molecular weight is 382 g/mol. The summed E-state index contributed by atoms with van der Waals surface area (Å²) in [6.07, 6.45) is 2.55. The lowest BCUT2D eigenvalue weighted by molar-refractivity contribution is -0.132. The summed E-state index contributed by atoms with van der Waals surface area (Å²) in [5.41, 5.74) is 0.754. The number of hydrogen-bond acceptors (Lipinski definition) is 5. The molecule has 0 aliphatic carbocycles. The molecule has 1 aromatic carbocycles. The summed E-state index contributed by atoms with van der Waals surface area (Å²) in [6.45, 7) is 3.35. The van der Waals surface area contributed by atoms with Gasteiger partial charge >= 0.3 is 0 Å². The summed E-state index contributed by atoms with van der Waals surface area (Å²) >= 11 is 0. The van der Waals surface area contributed by atoms with Gasteiger partial charge in [0, 0.05) is 30.9 Å². The van der Waals surface area contributed by atoms with Gasteiger partial charge in [0.15, 0.2) is 11.5 Å². The van der Waals surface area contributed by atoms with Crippen molar-refractivity contribution in [2.45, 2.75) is 25.3 Å². The van der Waals surface area contributed by atoms with Crippen LogP contribution in [0.25, 0.3) is 0 Å². The highest BCUT2D eigenvalue weighted by Gasteiger charge is 2.38. The molecule has 2 unspecified atom stereocenters. The number of amides is 2. The van der Waals surface area contributed by atoms with E-state index in [1.807, 2.05) is 18.2 Å². The molecule has 2 saturated heterocycles.